The number of carbonyl (C=O) groups is 1. The van der Waals surface area contributed by atoms with Crippen LogP contribution in [-0.4, -0.2) is 18.0 Å². The van der Waals surface area contributed by atoms with Crippen molar-refractivity contribution in [1.29, 1.82) is 0 Å². The topological polar surface area (TPSA) is 43.1 Å². The molecule has 0 radical (unpaired) electrons. The highest BCUT2D eigenvalue weighted by Crippen LogP contribution is 1.97. The fraction of sp³-hybridized carbons (Fsp3) is 0.800. The molecule has 3 heteroatoms. The van der Waals surface area contributed by atoms with Gasteiger partial charge in [-0.25, -0.2) is 4.39 Å². The number of hydrogen-bond acceptors (Lipinski definition) is 2. The minimum atomic E-state index is -1.01. The van der Waals surface area contributed by atoms with Crippen molar-refractivity contribution in [2.24, 2.45) is 5.73 Å². The Morgan fingerprint density at radius 1 is 1.75 bits per heavy atom. The van der Waals surface area contributed by atoms with Crippen molar-refractivity contribution >= 4 is 5.78 Å². The average Bonchev–Trinajstić information content (AvgIpc) is 1.62. The van der Waals surface area contributed by atoms with Crippen molar-refractivity contribution in [3.8, 4) is 0 Å². The van der Waals surface area contributed by atoms with Crippen LogP contribution in [0.3, 0.4) is 0 Å². The predicted octanol–water partition coefficient (Wildman–Crippen LogP) is 0.262. The van der Waals surface area contributed by atoms with Crippen LogP contribution < -0.4 is 5.73 Å². The zero-order valence-corrected chi connectivity index (χ0v) is 5.07. The first-order valence-corrected chi connectivity index (χ1v) is 2.36. The molecule has 0 rings (SSSR count). The molecule has 8 heavy (non-hydrogen) atoms. The second-order valence-corrected chi connectivity index (χ2v) is 2.28. The van der Waals surface area contributed by atoms with Gasteiger partial charge < -0.3 is 5.73 Å². The Bertz CT molecular complexity index is 95.1. The van der Waals surface area contributed by atoms with Gasteiger partial charge in [0.05, 0.1) is 5.54 Å². The third kappa shape index (κ3) is 2.02. The van der Waals surface area contributed by atoms with E-state index < -0.39 is 18.0 Å². The summed E-state index contributed by atoms with van der Waals surface area (Å²) in [6.45, 7) is 1.99. The molecule has 48 valence electrons. The van der Waals surface area contributed by atoms with Gasteiger partial charge >= 0.3 is 0 Å². The molecule has 0 aliphatic carbocycles. The molecule has 0 spiro atoms. The number of Topliss-reactive ketones (excluding diaryl/α,β-unsaturated/α-hetero) is 1. The molecule has 0 aromatic carbocycles. The van der Waals surface area contributed by atoms with Crippen LogP contribution in [0.25, 0.3) is 0 Å². The summed E-state index contributed by atoms with van der Waals surface area (Å²) in [5, 5.41) is 0. The summed E-state index contributed by atoms with van der Waals surface area (Å²) >= 11 is 0. The third-order valence-corrected chi connectivity index (χ3v) is 0.840. The van der Waals surface area contributed by atoms with Crippen LogP contribution in [0.5, 0.6) is 0 Å². The van der Waals surface area contributed by atoms with E-state index in [4.69, 9.17) is 5.73 Å². The summed E-state index contributed by atoms with van der Waals surface area (Å²) in [6, 6.07) is 0. The van der Waals surface area contributed by atoms with Crippen LogP contribution in [0.2, 0.25) is 0 Å². The SMILES string of the molecule is CC(C)(N)C(=O)CF. The number of nitrogens with two attached hydrogens (primary N) is 1. The number of halogens is 1. The van der Waals surface area contributed by atoms with E-state index in [1.807, 2.05) is 0 Å². The molecular formula is C5H10FNO. The van der Waals surface area contributed by atoms with E-state index in [0.717, 1.165) is 0 Å². The van der Waals surface area contributed by atoms with Gasteiger partial charge in [-0.15, -0.1) is 0 Å². The molecule has 0 aromatic rings. The number of hydrogen-bond donors (Lipinski definition) is 1. The molecule has 0 aliphatic rings. The molecule has 0 amide bonds. The second kappa shape index (κ2) is 2.22. The quantitative estimate of drug-likeness (QED) is 0.566. The van der Waals surface area contributed by atoms with E-state index >= 15 is 0 Å². The molecule has 0 saturated heterocycles. The Labute approximate surface area is 47.9 Å². The van der Waals surface area contributed by atoms with E-state index in [1.54, 1.807) is 0 Å². The lowest BCUT2D eigenvalue weighted by Crippen LogP contribution is -2.42. The first-order valence-electron chi connectivity index (χ1n) is 2.36. The monoisotopic (exact) mass is 119 g/mol. The lowest BCUT2D eigenvalue weighted by atomic mass is 10.0. The minimum absolute atomic E-state index is 0.558. The summed E-state index contributed by atoms with van der Waals surface area (Å²) in [7, 11) is 0. The van der Waals surface area contributed by atoms with Crippen LogP contribution in [0.4, 0.5) is 4.39 Å². The zero-order chi connectivity index (χ0) is 6.78. The Kier molecular flexibility index (Phi) is 2.10. The Hall–Kier alpha value is -0.440. The zero-order valence-electron chi connectivity index (χ0n) is 5.07. The summed E-state index contributed by atoms with van der Waals surface area (Å²) in [5.74, 6) is -0.558. The standard InChI is InChI=1S/C5H10FNO/c1-5(2,7)4(8)3-6/h3,7H2,1-2H3. The highest BCUT2D eigenvalue weighted by atomic mass is 19.1. The second-order valence-electron chi connectivity index (χ2n) is 2.28. The highest BCUT2D eigenvalue weighted by molar-refractivity contribution is 5.88. The Balaban J connectivity index is 3.82. The molecule has 0 aromatic heterocycles. The van der Waals surface area contributed by atoms with E-state index in [2.05, 4.69) is 0 Å². The van der Waals surface area contributed by atoms with Crippen LogP contribution in [0, 0.1) is 0 Å². The lowest BCUT2D eigenvalue weighted by Gasteiger charge is -2.12. The normalized spacial score (nSPS) is 11.5. The van der Waals surface area contributed by atoms with Gasteiger partial charge in [0.15, 0.2) is 5.78 Å². The Morgan fingerprint density at radius 3 is 2.12 bits per heavy atom. The Morgan fingerprint density at radius 2 is 2.12 bits per heavy atom. The van der Waals surface area contributed by atoms with Crippen molar-refractivity contribution in [2.75, 3.05) is 6.67 Å². The highest BCUT2D eigenvalue weighted by Gasteiger charge is 2.20. The maximum atomic E-state index is 11.5. The van der Waals surface area contributed by atoms with Crippen molar-refractivity contribution in [2.45, 2.75) is 19.4 Å². The van der Waals surface area contributed by atoms with Gasteiger partial charge in [0.25, 0.3) is 0 Å². The van der Waals surface area contributed by atoms with Gasteiger partial charge in [0.1, 0.15) is 6.67 Å². The van der Waals surface area contributed by atoms with Crippen molar-refractivity contribution < 1.29 is 9.18 Å². The molecule has 0 unspecified atom stereocenters. The van der Waals surface area contributed by atoms with Gasteiger partial charge in [-0.1, -0.05) is 0 Å². The maximum absolute atomic E-state index is 11.5. The maximum Gasteiger partial charge on any atom is 0.182 e. The third-order valence-electron chi connectivity index (χ3n) is 0.840. The predicted molar refractivity (Wildman–Crippen MR) is 29.2 cm³/mol. The van der Waals surface area contributed by atoms with Crippen LogP contribution in [0.1, 0.15) is 13.8 Å². The molecule has 0 fully saturated rings. The van der Waals surface area contributed by atoms with Gasteiger partial charge in [-0.05, 0) is 13.8 Å². The number of ketones is 1. The van der Waals surface area contributed by atoms with Gasteiger partial charge in [-0.2, -0.15) is 0 Å². The number of carbonyl (C=O) groups excluding carboxylic acids is 1. The van der Waals surface area contributed by atoms with Crippen molar-refractivity contribution in [3.63, 3.8) is 0 Å². The smallest absolute Gasteiger partial charge is 0.182 e. The average molecular weight is 119 g/mol. The van der Waals surface area contributed by atoms with Crippen LogP contribution >= 0.6 is 0 Å². The van der Waals surface area contributed by atoms with E-state index in [0.29, 0.717) is 0 Å². The van der Waals surface area contributed by atoms with Gasteiger partial charge in [-0.3, -0.25) is 4.79 Å². The van der Waals surface area contributed by atoms with E-state index in [1.165, 1.54) is 13.8 Å². The lowest BCUT2D eigenvalue weighted by molar-refractivity contribution is -0.123. The summed E-state index contributed by atoms with van der Waals surface area (Å²) in [5.41, 5.74) is 4.19. The first-order chi connectivity index (χ1) is 3.48. The summed E-state index contributed by atoms with van der Waals surface area (Å²) in [6.07, 6.45) is 0. The van der Waals surface area contributed by atoms with E-state index in [9.17, 15) is 9.18 Å². The summed E-state index contributed by atoms with van der Waals surface area (Å²) < 4.78 is 11.5. The van der Waals surface area contributed by atoms with Crippen LogP contribution in [0.15, 0.2) is 0 Å². The van der Waals surface area contributed by atoms with Crippen LogP contribution in [-0.2, 0) is 4.79 Å². The number of rotatable bonds is 2. The van der Waals surface area contributed by atoms with E-state index in [-0.39, 0.29) is 0 Å². The fourth-order valence-corrected chi connectivity index (χ4v) is 0.172. The molecule has 0 atom stereocenters. The molecule has 0 heterocycles. The fourth-order valence-electron chi connectivity index (χ4n) is 0.172. The van der Waals surface area contributed by atoms with Gasteiger partial charge in [0, 0.05) is 0 Å². The van der Waals surface area contributed by atoms with Crippen molar-refractivity contribution in [1.82, 2.24) is 0 Å². The number of alkyl halides is 1. The molecule has 2 N–H and O–H groups in total. The summed E-state index contributed by atoms with van der Waals surface area (Å²) in [4.78, 5) is 10.3. The molecular weight excluding hydrogens is 109 g/mol. The van der Waals surface area contributed by atoms with Gasteiger partial charge in [0.2, 0.25) is 0 Å². The minimum Gasteiger partial charge on any atom is -0.319 e. The molecule has 0 aliphatic heterocycles. The first kappa shape index (κ1) is 7.56. The largest absolute Gasteiger partial charge is 0.319 e. The molecule has 0 saturated carbocycles. The molecule has 0 bridgehead atoms. The van der Waals surface area contributed by atoms with Crippen molar-refractivity contribution in [3.05, 3.63) is 0 Å². The molecule has 2 nitrogen and oxygen atoms in total.